The van der Waals surface area contributed by atoms with E-state index in [0.29, 0.717) is 5.88 Å². The second kappa shape index (κ2) is 6.91. The molecular formula is C16H21N3O. The fourth-order valence-electron chi connectivity index (χ4n) is 2.05. The Morgan fingerprint density at radius 3 is 2.50 bits per heavy atom. The van der Waals surface area contributed by atoms with Gasteiger partial charge in [-0.15, -0.1) is 0 Å². The van der Waals surface area contributed by atoms with Gasteiger partial charge >= 0.3 is 0 Å². The summed E-state index contributed by atoms with van der Waals surface area (Å²) in [5, 5.41) is 0. The molecule has 0 atom stereocenters. The average molecular weight is 271 g/mol. The molecule has 2 N–H and O–H groups in total. The summed E-state index contributed by atoms with van der Waals surface area (Å²) in [6.45, 7) is 4.80. The van der Waals surface area contributed by atoms with E-state index in [1.54, 1.807) is 7.11 Å². The normalized spacial score (nSPS) is 10.8. The van der Waals surface area contributed by atoms with Crippen LogP contribution in [0.1, 0.15) is 18.2 Å². The predicted octanol–water partition coefficient (Wildman–Crippen LogP) is 2.69. The van der Waals surface area contributed by atoms with Gasteiger partial charge < -0.3 is 10.5 Å². The minimum absolute atomic E-state index is 0.658. The SMILES string of the molecule is CCN(Cc1ccc(N)cc1)Cc1cccc(OC)n1. The van der Waals surface area contributed by atoms with Crippen LogP contribution in [0.3, 0.4) is 0 Å². The summed E-state index contributed by atoms with van der Waals surface area (Å²) in [6.07, 6.45) is 0. The second-order valence-electron chi connectivity index (χ2n) is 4.72. The number of nitrogen functional groups attached to an aromatic ring is 1. The molecule has 0 bridgehead atoms. The highest BCUT2D eigenvalue weighted by Crippen LogP contribution is 2.12. The van der Waals surface area contributed by atoms with Crippen LogP contribution in [0.25, 0.3) is 0 Å². The summed E-state index contributed by atoms with van der Waals surface area (Å²) in [5.74, 6) is 0.658. The van der Waals surface area contributed by atoms with Gasteiger partial charge in [-0.05, 0) is 30.3 Å². The van der Waals surface area contributed by atoms with Crippen molar-refractivity contribution in [2.45, 2.75) is 20.0 Å². The van der Waals surface area contributed by atoms with Crippen LogP contribution >= 0.6 is 0 Å². The van der Waals surface area contributed by atoms with Crippen molar-refractivity contribution in [3.05, 3.63) is 53.7 Å². The number of aromatic nitrogens is 1. The van der Waals surface area contributed by atoms with Crippen LogP contribution in [-0.4, -0.2) is 23.5 Å². The number of rotatable bonds is 6. The van der Waals surface area contributed by atoms with Crippen LogP contribution in [0.15, 0.2) is 42.5 Å². The van der Waals surface area contributed by atoms with Crippen LogP contribution in [0.2, 0.25) is 0 Å². The van der Waals surface area contributed by atoms with Crippen LogP contribution in [-0.2, 0) is 13.1 Å². The van der Waals surface area contributed by atoms with Crippen LogP contribution in [0.4, 0.5) is 5.69 Å². The Morgan fingerprint density at radius 2 is 1.85 bits per heavy atom. The Labute approximate surface area is 120 Å². The van der Waals surface area contributed by atoms with Crippen molar-refractivity contribution in [1.29, 1.82) is 0 Å². The Bertz CT molecular complexity index is 540. The molecule has 1 aromatic carbocycles. The van der Waals surface area contributed by atoms with Crippen LogP contribution in [0, 0.1) is 0 Å². The van der Waals surface area contributed by atoms with E-state index < -0.39 is 0 Å². The lowest BCUT2D eigenvalue weighted by atomic mass is 10.2. The first-order valence-corrected chi connectivity index (χ1v) is 6.78. The van der Waals surface area contributed by atoms with E-state index in [1.165, 1.54) is 5.56 Å². The number of benzene rings is 1. The molecule has 0 aliphatic heterocycles. The molecule has 2 aromatic rings. The van der Waals surface area contributed by atoms with Gasteiger partial charge in [0.2, 0.25) is 5.88 Å². The van der Waals surface area contributed by atoms with Gasteiger partial charge in [0.1, 0.15) is 0 Å². The van der Waals surface area contributed by atoms with Gasteiger partial charge in [0.25, 0.3) is 0 Å². The molecule has 0 spiro atoms. The summed E-state index contributed by atoms with van der Waals surface area (Å²) in [4.78, 5) is 6.78. The minimum atomic E-state index is 0.658. The van der Waals surface area contributed by atoms with Crippen molar-refractivity contribution in [3.8, 4) is 5.88 Å². The molecule has 0 aliphatic rings. The molecule has 0 aliphatic carbocycles. The third-order valence-electron chi connectivity index (χ3n) is 3.21. The Morgan fingerprint density at radius 1 is 1.10 bits per heavy atom. The Balaban J connectivity index is 2.02. The first kappa shape index (κ1) is 14.3. The predicted molar refractivity (Wildman–Crippen MR) is 81.4 cm³/mol. The number of nitrogens with zero attached hydrogens (tertiary/aromatic N) is 2. The molecule has 1 aromatic heterocycles. The van der Waals surface area contributed by atoms with Gasteiger partial charge in [0.05, 0.1) is 12.8 Å². The van der Waals surface area contributed by atoms with E-state index in [9.17, 15) is 0 Å². The van der Waals surface area contributed by atoms with Gasteiger partial charge in [-0.1, -0.05) is 25.1 Å². The van der Waals surface area contributed by atoms with E-state index in [4.69, 9.17) is 10.5 Å². The molecule has 2 rings (SSSR count). The topological polar surface area (TPSA) is 51.4 Å². The zero-order chi connectivity index (χ0) is 14.4. The number of pyridine rings is 1. The largest absolute Gasteiger partial charge is 0.481 e. The van der Waals surface area contributed by atoms with Crippen molar-refractivity contribution >= 4 is 5.69 Å². The summed E-state index contributed by atoms with van der Waals surface area (Å²) in [5.41, 5.74) is 8.77. The molecule has 0 unspecified atom stereocenters. The molecule has 106 valence electrons. The highest BCUT2D eigenvalue weighted by molar-refractivity contribution is 5.39. The van der Waals surface area contributed by atoms with E-state index in [2.05, 4.69) is 28.9 Å². The summed E-state index contributed by atoms with van der Waals surface area (Å²) < 4.78 is 5.16. The maximum Gasteiger partial charge on any atom is 0.213 e. The molecule has 1 heterocycles. The fourth-order valence-corrected chi connectivity index (χ4v) is 2.05. The third-order valence-corrected chi connectivity index (χ3v) is 3.21. The summed E-state index contributed by atoms with van der Waals surface area (Å²) in [7, 11) is 1.64. The number of hydrogen-bond acceptors (Lipinski definition) is 4. The standard InChI is InChI=1S/C16H21N3O/c1-3-19(11-13-7-9-14(17)10-8-13)12-15-5-4-6-16(18-15)20-2/h4-10H,3,11-12,17H2,1-2H3. The zero-order valence-electron chi connectivity index (χ0n) is 12.0. The van der Waals surface area contributed by atoms with Crippen molar-refractivity contribution in [1.82, 2.24) is 9.88 Å². The molecule has 0 radical (unpaired) electrons. The lowest BCUT2D eigenvalue weighted by Gasteiger charge is -2.20. The van der Waals surface area contributed by atoms with Gasteiger partial charge in [0, 0.05) is 24.8 Å². The highest BCUT2D eigenvalue weighted by atomic mass is 16.5. The smallest absolute Gasteiger partial charge is 0.213 e. The fraction of sp³-hybridized carbons (Fsp3) is 0.312. The summed E-state index contributed by atoms with van der Waals surface area (Å²) in [6, 6.07) is 13.9. The first-order chi connectivity index (χ1) is 9.71. The number of ether oxygens (including phenoxy) is 1. The molecule has 0 saturated heterocycles. The third kappa shape index (κ3) is 3.96. The van der Waals surface area contributed by atoms with Gasteiger partial charge in [-0.2, -0.15) is 0 Å². The quantitative estimate of drug-likeness (QED) is 0.821. The van der Waals surface area contributed by atoms with Crippen molar-refractivity contribution in [2.75, 3.05) is 19.4 Å². The van der Waals surface area contributed by atoms with E-state index in [-0.39, 0.29) is 0 Å². The van der Waals surface area contributed by atoms with Gasteiger partial charge in [-0.25, -0.2) is 4.98 Å². The van der Waals surface area contributed by atoms with E-state index in [0.717, 1.165) is 31.0 Å². The molecule has 0 fully saturated rings. The Kier molecular flexibility index (Phi) is 4.96. The lowest BCUT2D eigenvalue weighted by molar-refractivity contribution is 0.266. The molecule has 0 amide bonds. The molecule has 4 nitrogen and oxygen atoms in total. The maximum atomic E-state index is 5.71. The lowest BCUT2D eigenvalue weighted by Crippen LogP contribution is -2.22. The number of hydrogen-bond donors (Lipinski definition) is 1. The summed E-state index contributed by atoms with van der Waals surface area (Å²) >= 11 is 0. The van der Waals surface area contributed by atoms with Crippen LogP contribution in [0.5, 0.6) is 5.88 Å². The van der Waals surface area contributed by atoms with Gasteiger partial charge in [0.15, 0.2) is 0 Å². The minimum Gasteiger partial charge on any atom is -0.481 e. The second-order valence-corrected chi connectivity index (χ2v) is 4.72. The number of nitrogens with two attached hydrogens (primary N) is 1. The molecule has 20 heavy (non-hydrogen) atoms. The van der Waals surface area contributed by atoms with Crippen molar-refractivity contribution in [2.24, 2.45) is 0 Å². The molecule has 0 saturated carbocycles. The first-order valence-electron chi connectivity index (χ1n) is 6.78. The molecular weight excluding hydrogens is 250 g/mol. The number of methoxy groups -OCH3 is 1. The molecule has 4 heteroatoms. The van der Waals surface area contributed by atoms with E-state index in [1.807, 2.05) is 30.3 Å². The van der Waals surface area contributed by atoms with Crippen molar-refractivity contribution < 1.29 is 4.74 Å². The van der Waals surface area contributed by atoms with Gasteiger partial charge in [-0.3, -0.25) is 4.90 Å². The Hall–Kier alpha value is -2.07. The van der Waals surface area contributed by atoms with Crippen molar-refractivity contribution in [3.63, 3.8) is 0 Å². The monoisotopic (exact) mass is 271 g/mol. The number of anilines is 1. The van der Waals surface area contributed by atoms with E-state index >= 15 is 0 Å². The highest BCUT2D eigenvalue weighted by Gasteiger charge is 2.06. The van der Waals surface area contributed by atoms with Crippen LogP contribution < -0.4 is 10.5 Å². The maximum absolute atomic E-state index is 5.71. The average Bonchev–Trinajstić information content (AvgIpc) is 2.49. The zero-order valence-corrected chi connectivity index (χ0v) is 12.0.